The van der Waals surface area contributed by atoms with Crippen LogP contribution in [0.5, 0.6) is 0 Å². The summed E-state index contributed by atoms with van der Waals surface area (Å²) < 4.78 is 0.854. The van der Waals surface area contributed by atoms with Crippen LogP contribution >= 0.6 is 39.7 Å². The van der Waals surface area contributed by atoms with Crippen LogP contribution in [-0.2, 0) is 0 Å². The fourth-order valence-corrected chi connectivity index (χ4v) is 2.70. The number of halogens is 2. The van der Waals surface area contributed by atoms with E-state index in [-0.39, 0.29) is 0 Å². The van der Waals surface area contributed by atoms with Crippen LogP contribution in [0, 0.1) is 0 Å². The van der Waals surface area contributed by atoms with Crippen LogP contribution < -0.4 is 11.1 Å². The summed E-state index contributed by atoms with van der Waals surface area (Å²) in [4.78, 5) is 0.331. The highest BCUT2D eigenvalue weighted by Crippen LogP contribution is 2.30. The Hall–Kier alpha value is -1.10. The maximum atomic E-state index is 6.11. The zero-order chi connectivity index (χ0) is 13.1. The number of anilines is 2. The summed E-state index contributed by atoms with van der Waals surface area (Å²) in [6, 6.07) is 13.2. The first-order chi connectivity index (χ1) is 8.59. The van der Waals surface area contributed by atoms with Crippen molar-refractivity contribution in [2.45, 2.75) is 0 Å². The minimum atomic E-state index is 0.331. The molecule has 2 rings (SSSR count). The maximum absolute atomic E-state index is 6.11. The third kappa shape index (κ3) is 2.83. The highest BCUT2D eigenvalue weighted by molar-refractivity contribution is 9.10. The van der Waals surface area contributed by atoms with Gasteiger partial charge in [-0.3, -0.25) is 0 Å². The minimum Gasteiger partial charge on any atom is -0.389 e. The monoisotopic (exact) mass is 340 g/mol. The molecule has 2 aromatic carbocycles. The summed E-state index contributed by atoms with van der Waals surface area (Å²) in [7, 11) is 0. The van der Waals surface area contributed by atoms with E-state index < -0.39 is 0 Å². The van der Waals surface area contributed by atoms with Crippen molar-refractivity contribution in [2.75, 3.05) is 5.32 Å². The molecule has 0 radical (unpaired) electrons. The first-order valence-electron chi connectivity index (χ1n) is 5.19. The van der Waals surface area contributed by atoms with Gasteiger partial charge in [0.2, 0.25) is 0 Å². The molecule has 0 atom stereocenters. The number of nitrogens with two attached hydrogens (primary N) is 1. The largest absolute Gasteiger partial charge is 0.389 e. The van der Waals surface area contributed by atoms with Crippen molar-refractivity contribution in [2.24, 2.45) is 5.73 Å². The predicted octanol–water partition coefficient (Wildman–Crippen LogP) is 4.48. The molecule has 0 saturated carbocycles. The molecule has 0 aliphatic heterocycles. The number of benzene rings is 2. The molecule has 0 heterocycles. The summed E-state index contributed by atoms with van der Waals surface area (Å²) in [5.41, 5.74) is 8.14. The lowest BCUT2D eigenvalue weighted by atomic mass is 10.1. The molecule has 0 spiro atoms. The number of thiocarbonyl (C=S) groups is 1. The number of hydrogen-bond acceptors (Lipinski definition) is 2. The molecule has 2 aromatic rings. The Morgan fingerprint density at radius 3 is 2.44 bits per heavy atom. The van der Waals surface area contributed by atoms with Gasteiger partial charge in [0.25, 0.3) is 0 Å². The number of nitrogens with one attached hydrogen (secondary N) is 1. The third-order valence-corrected chi connectivity index (χ3v) is 3.60. The Bertz CT molecular complexity index is 601. The molecule has 18 heavy (non-hydrogen) atoms. The van der Waals surface area contributed by atoms with Crippen LogP contribution in [0.1, 0.15) is 5.56 Å². The van der Waals surface area contributed by atoms with Crippen molar-refractivity contribution in [1.82, 2.24) is 0 Å². The number of hydrogen-bond donors (Lipinski definition) is 2. The highest BCUT2D eigenvalue weighted by Gasteiger charge is 2.10. The van der Waals surface area contributed by atoms with Gasteiger partial charge in [-0.15, -0.1) is 0 Å². The van der Waals surface area contributed by atoms with E-state index in [1.165, 1.54) is 0 Å². The maximum Gasteiger partial charge on any atom is 0.107 e. The molecule has 0 aliphatic rings. The summed E-state index contributed by atoms with van der Waals surface area (Å²) in [6.45, 7) is 0. The van der Waals surface area contributed by atoms with Crippen molar-refractivity contribution >= 4 is 56.1 Å². The second-order valence-corrected chi connectivity index (χ2v) is 5.33. The summed E-state index contributed by atoms with van der Waals surface area (Å²) in [5, 5.41) is 3.88. The van der Waals surface area contributed by atoms with Gasteiger partial charge in [-0.1, -0.05) is 42.0 Å². The smallest absolute Gasteiger partial charge is 0.107 e. The van der Waals surface area contributed by atoms with Gasteiger partial charge in [-0.05, 0) is 40.2 Å². The molecular formula is C13H10BrClN2S. The first kappa shape index (κ1) is 13.3. The second kappa shape index (κ2) is 5.69. The molecule has 0 fully saturated rings. The van der Waals surface area contributed by atoms with Crippen LogP contribution in [0.25, 0.3) is 0 Å². The lowest BCUT2D eigenvalue weighted by molar-refractivity contribution is 1.50. The average Bonchev–Trinajstić information content (AvgIpc) is 2.31. The molecule has 5 heteroatoms. The van der Waals surface area contributed by atoms with E-state index in [2.05, 4.69) is 21.2 Å². The van der Waals surface area contributed by atoms with Gasteiger partial charge >= 0.3 is 0 Å². The van der Waals surface area contributed by atoms with Gasteiger partial charge in [0.05, 0.1) is 10.7 Å². The van der Waals surface area contributed by atoms with E-state index in [1.807, 2.05) is 42.5 Å². The lowest BCUT2D eigenvalue weighted by Crippen LogP contribution is -2.12. The van der Waals surface area contributed by atoms with Gasteiger partial charge in [0.15, 0.2) is 0 Å². The van der Waals surface area contributed by atoms with Gasteiger partial charge < -0.3 is 11.1 Å². The normalized spacial score (nSPS) is 10.1. The molecule has 0 unspecified atom stereocenters. The molecule has 0 amide bonds. The fourth-order valence-electron chi connectivity index (χ4n) is 1.59. The molecule has 92 valence electrons. The Kier molecular flexibility index (Phi) is 4.22. The van der Waals surface area contributed by atoms with E-state index in [9.17, 15) is 0 Å². The zero-order valence-electron chi connectivity index (χ0n) is 9.28. The molecule has 2 nitrogen and oxygen atoms in total. The lowest BCUT2D eigenvalue weighted by Gasteiger charge is -2.13. The Labute approximate surface area is 124 Å². The zero-order valence-corrected chi connectivity index (χ0v) is 12.4. The van der Waals surface area contributed by atoms with Gasteiger partial charge in [0, 0.05) is 15.7 Å². The Balaban J connectivity index is 2.44. The van der Waals surface area contributed by atoms with Crippen LogP contribution in [0.3, 0.4) is 0 Å². The van der Waals surface area contributed by atoms with Crippen molar-refractivity contribution in [3.63, 3.8) is 0 Å². The Morgan fingerprint density at radius 2 is 1.78 bits per heavy atom. The molecular weight excluding hydrogens is 332 g/mol. The second-order valence-electron chi connectivity index (χ2n) is 3.63. The summed E-state index contributed by atoms with van der Waals surface area (Å²) in [5.74, 6) is 0. The van der Waals surface area contributed by atoms with Crippen molar-refractivity contribution in [3.05, 3.63) is 57.5 Å². The van der Waals surface area contributed by atoms with Crippen LogP contribution in [-0.4, -0.2) is 4.99 Å². The highest BCUT2D eigenvalue weighted by atomic mass is 79.9. The molecule has 0 aliphatic carbocycles. The van der Waals surface area contributed by atoms with Gasteiger partial charge in [-0.25, -0.2) is 0 Å². The average molecular weight is 342 g/mol. The van der Waals surface area contributed by atoms with Gasteiger partial charge in [-0.2, -0.15) is 0 Å². The van der Waals surface area contributed by atoms with E-state index in [0.29, 0.717) is 10.0 Å². The molecule has 3 N–H and O–H groups in total. The minimum absolute atomic E-state index is 0.331. The number of rotatable bonds is 3. The van der Waals surface area contributed by atoms with Crippen molar-refractivity contribution in [3.8, 4) is 0 Å². The molecule has 0 aromatic heterocycles. The van der Waals surface area contributed by atoms with E-state index >= 15 is 0 Å². The standard InChI is InChI=1S/C13H10BrClN2S/c14-8-4-3-7-11(12(8)13(16)18)17-10-6-2-1-5-9(10)15/h1-7,17H,(H2,16,18). The van der Waals surface area contributed by atoms with Crippen LogP contribution in [0.2, 0.25) is 5.02 Å². The summed E-state index contributed by atoms with van der Waals surface area (Å²) in [6.07, 6.45) is 0. The topological polar surface area (TPSA) is 38.0 Å². The number of para-hydroxylation sites is 1. The van der Waals surface area contributed by atoms with E-state index in [1.54, 1.807) is 0 Å². The van der Waals surface area contributed by atoms with Crippen LogP contribution in [0.4, 0.5) is 11.4 Å². The molecule has 0 saturated heterocycles. The van der Waals surface area contributed by atoms with Gasteiger partial charge in [0.1, 0.15) is 4.99 Å². The fraction of sp³-hybridized carbons (Fsp3) is 0. The third-order valence-electron chi connectivity index (χ3n) is 2.40. The van der Waals surface area contributed by atoms with Crippen molar-refractivity contribution < 1.29 is 0 Å². The SMILES string of the molecule is NC(=S)c1c(Br)cccc1Nc1ccccc1Cl. The predicted molar refractivity (Wildman–Crippen MR) is 84.8 cm³/mol. The Morgan fingerprint density at radius 1 is 1.11 bits per heavy atom. The summed E-state index contributed by atoms with van der Waals surface area (Å²) >= 11 is 14.6. The quantitative estimate of drug-likeness (QED) is 0.808. The first-order valence-corrected chi connectivity index (χ1v) is 6.77. The van der Waals surface area contributed by atoms with E-state index in [4.69, 9.17) is 29.6 Å². The van der Waals surface area contributed by atoms with Crippen LogP contribution in [0.15, 0.2) is 46.9 Å². The van der Waals surface area contributed by atoms with E-state index in [0.717, 1.165) is 21.4 Å². The molecule has 0 bridgehead atoms. The van der Waals surface area contributed by atoms with Crippen molar-refractivity contribution in [1.29, 1.82) is 0 Å².